The van der Waals surface area contributed by atoms with E-state index in [9.17, 15) is 14.4 Å². The minimum absolute atomic E-state index is 0.0966. The van der Waals surface area contributed by atoms with E-state index in [0.717, 1.165) is 148 Å². The first-order valence-corrected chi connectivity index (χ1v) is 34.3. The number of ether oxygens (including phenoxy) is 3. The lowest BCUT2D eigenvalue weighted by molar-refractivity contribution is -0.167. The van der Waals surface area contributed by atoms with Gasteiger partial charge >= 0.3 is 17.9 Å². The monoisotopic (exact) mass is 1150 g/mol. The molecule has 1 atom stereocenters. The first-order valence-electron chi connectivity index (χ1n) is 34.3. The summed E-state index contributed by atoms with van der Waals surface area (Å²) in [6, 6.07) is 0. The van der Waals surface area contributed by atoms with Gasteiger partial charge in [-0.15, -0.1) is 0 Å². The molecule has 0 spiro atoms. The molecule has 6 heteroatoms. The third kappa shape index (κ3) is 68.0. The summed E-state index contributed by atoms with van der Waals surface area (Å²) in [5.41, 5.74) is 0. The Balaban J connectivity index is 4.46. The van der Waals surface area contributed by atoms with Crippen molar-refractivity contribution in [3.05, 3.63) is 146 Å². The predicted molar refractivity (Wildman–Crippen MR) is 362 cm³/mol. The number of hydrogen-bond acceptors (Lipinski definition) is 6. The van der Waals surface area contributed by atoms with E-state index in [2.05, 4.69) is 167 Å². The van der Waals surface area contributed by atoms with Crippen LogP contribution in [0.5, 0.6) is 0 Å². The van der Waals surface area contributed by atoms with Crippen LogP contribution in [0.3, 0.4) is 0 Å². The average molecular weight is 1150 g/mol. The van der Waals surface area contributed by atoms with E-state index >= 15 is 0 Å². The fraction of sp³-hybridized carbons (Fsp3) is 0.649. The number of carbonyl (C=O) groups is 3. The van der Waals surface area contributed by atoms with Crippen molar-refractivity contribution >= 4 is 17.9 Å². The van der Waals surface area contributed by atoms with Gasteiger partial charge in [-0.3, -0.25) is 14.4 Å². The van der Waals surface area contributed by atoms with E-state index < -0.39 is 6.10 Å². The first-order chi connectivity index (χ1) is 41.0. The van der Waals surface area contributed by atoms with Crippen LogP contribution in [0, 0.1) is 0 Å². The van der Waals surface area contributed by atoms with E-state index in [4.69, 9.17) is 14.2 Å². The fourth-order valence-electron chi connectivity index (χ4n) is 9.23. The maximum atomic E-state index is 13.0. The molecule has 0 heterocycles. The lowest BCUT2D eigenvalue weighted by Crippen LogP contribution is -2.30. The maximum Gasteiger partial charge on any atom is 0.306 e. The third-order valence-electron chi connectivity index (χ3n) is 14.3. The van der Waals surface area contributed by atoms with Gasteiger partial charge in [-0.25, -0.2) is 0 Å². The van der Waals surface area contributed by atoms with Gasteiger partial charge in [-0.2, -0.15) is 0 Å². The highest BCUT2D eigenvalue weighted by atomic mass is 16.6. The molecule has 0 bridgehead atoms. The minimum Gasteiger partial charge on any atom is -0.462 e. The van der Waals surface area contributed by atoms with E-state index in [-0.39, 0.29) is 31.1 Å². The summed E-state index contributed by atoms with van der Waals surface area (Å²) >= 11 is 0. The number of carbonyl (C=O) groups excluding carboxylic acids is 3. The van der Waals surface area contributed by atoms with Gasteiger partial charge in [0.25, 0.3) is 0 Å². The number of esters is 3. The van der Waals surface area contributed by atoms with Gasteiger partial charge < -0.3 is 14.2 Å². The maximum absolute atomic E-state index is 13.0. The van der Waals surface area contributed by atoms with Crippen LogP contribution in [0.4, 0.5) is 0 Å². The summed E-state index contributed by atoms with van der Waals surface area (Å²) in [6.07, 6.45) is 99.9. The van der Waals surface area contributed by atoms with Crippen LogP contribution in [-0.2, 0) is 28.6 Å². The van der Waals surface area contributed by atoms with Crippen molar-refractivity contribution in [1.82, 2.24) is 0 Å². The van der Waals surface area contributed by atoms with Gasteiger partial charge in [0.05, 0.1) is 0 Å². The van der Waals surface area contributed by atoms with Crippen LogP contribution < -0.4 is 0 Å². The topological polar surface area (TPSA) is 78.9 Å². The molecule has 0 aromatic rings. The molecule has 0 aromatic heterocycles. The lowest BCUT2D eigenvalue weighted by Gasteiger charge is -2.18. The highest BCUT2D eigenvalue weighted by Gasteiger charge is 2.19. The second-order valence-electron chi connectivity index (χ2n) is 22.3. The summed E-state index contributed by atoms with van der Waals surface area (Å²) in [6.45, 7) is 6.40. The summed E-state index contributed by atoms with van der Waals surface area (Å²) < 4.78 is 17.0. The molecular weight excluding hydrogens is 1020 g/mol. The molecule has 0 aliphatic carbocycles. The van der Waals surface area contributed by atoms with E-state index in [1.807, 2.05) is 0 Å². The van der Waals surface area contributed by atoms with Crippen LogP contribution in [0.15, 0.2) is 146 Å². The molecule has 0 radical (unpaired) electrons. The molecule has 0 N–H and O–H groups in total. The molecule has 0 amide bonds. The van der Waals surface area contributed by atoms with Crippen molar-refractivity contribution in [2.45, 2.75) is 309 Å². The number of allylic oxidation sites excluding steroid dienone is 24. The largest absolute Gasteiger partial charge is 0.462 e. The minimum atomic E-state index is -0.805. The lowest BCUT2D eigenvalue weighted by atomic mass is 10.1. The molecule has 0 aliphatic rings. The average Bonchev–Trinajstić information content (AvgIpc) is 3.49. The Labute approximate surface area is 512 Å². The molecule has 0 rings (SSSR count). The molecule has 470 valence electrons. The zero-order chi connectivity index (χ0) is 59.9. The molecule has 0 fully saturated rings. The molecule has 0 saturated carbocycles. The number of hydrogen-bond donors (Lipinski definition) is 0. The molecule has 0 aromatic carbocycles. The summed E-state index contributed by atoms with van der Waals surface area (Å²) in [4.78, 5) is 38.5. The Hall–Kier alpha value is -4.71. The third-order valence-corrected chi connectivity index (χ3v) is 14.3. The Morgan fingerprint density at radius 2 is 0.470 bits per heavy atom. The smallest absolute Gasteiger partial charge is 0.306 e. The zero-order valence-corrected chi connectivity index (χ0v) is 53.9. The van der Waals surface area contributed by atoms with E-state index in [1.165, 1.54) is 116 Å². The molecule has 0 aliphatic heterocycles. The second-order valence-corrected chi connectivity index (χ2v) is 22.3. The van der Waals surface area contributed by atoms with E-state index in [1.54, 1.807) is 0 Å². The predicted octanol–water partition coefficient (Wildman–Crippen LogP) is 23.9. The van der Waals surface area contributed by atoms with Crippen molar-refractivity contribution < 1.29 is 28.6 Å². The Kier molecular flexibility index (Phi) is 65.8. The number of rotatable bonds is 61. The SMILES string of the molecule is CC/C=C\C/C=C\C/C=C\C/C=C\C/C=C\C/C=C\CCCCCCC(=O)OC(COC(=O)CCCCCCCCC/C=C\CCCCCCCC)COC(=O)CCCCCCCCCCC/C=C\C/C=C\C/C=C\C/C=C\C/C=C\CC. The van der Waals surface area contributed by atoms with Gasteiger partial charge in [0.2, 0.25) is 0 Å². The Bertz CT molecular complexity index is 1800. The van der Waals surface area contributed by atoms with Crippen LogP contribution in [0.1, 0.15) is 303 Å². The van der Waals surface area contributed by atoms with Crippen molar-refractivity contribution in [3.63, 3.8) is 0 Å². The highest BCUT2D eigenvalue weighted by Crippen LogP contribution is 2.15. The molecular formula is C77H126O6. The van der Waals surface area contributed by atoms with Gasteiger partial charge in [0.15, 0.2) is 6.10 Å². The van der Waals surface area contributed by atoms with Gasteiger partial charge in [-0.05, 0) is 141 Å². The quantitative estimate of drug-likeness (QED) is 0.0261. The summed E-state index contributed by atoms with van der Waals surface area (Å²) in [5.74, 6) is -0.927. The first kappa shape index (κ1) is 78.3. The second kappa shape index (κ2) is 69.8. The molecule has 1 unspecified atom stereocenters. The molecule has 6 nitrogen and oxygen atoms in total. The molecule has 0 saturated heterocycles. The van der Waals surface area contributed by atoms with Gasteiger partial charge in [-0.1, -0.05) is 289 Å². The number of unbranched alkanes of at least 4 members (excludes halogenated alkanes) is 26. The van der Waals surface area contributed by atoms with Crippen LogP contribution in [0.25, 0.3) is 0 Å². The van der Waals surface area contributed by atoms with Crippen molar-refractivity contribution in [3.8, 4) is 0 Å². The van der Waals surface area contributed by atoms with Gasteiger partial charge in [0.1, 0.15) is 13.2 Å². The molecule has 83 heavy (non-hydrogen) atoms. The van der Waals surface area contributed by atoms with Crippen molar-refractivity contribution in [2.24, 2.45) is 0 Å². The van der Waals surface area contributed by atoms with Crippen molar-refractivity contribution in [2.75, 3.05) is 13.2 Å². The standard InChI is InChI=1S/C77H126O6/c1-4-7-10-13-16-19-22-25-28-31-33-35-37-38-40-41-43-46-49-52-55-58-61-64-67-70-76(79)82-73-74(72-81-75(78)69-66-63-60-57-54-51-48-45-30-27-24-21-18-15-12-9-6-3)83-77(80)71-68-65-62-59-56-53-50-47-44-42-39-36-34-32-29-26-23-20-17-14-11-8-5-2/h7-8,10-11,16-17,19-20,25-30,33-36,38,40,42,44,50,53,74H,4-6,9,12-15,18,21-24,31-32,37,39,41,43,45-49,51-52,54-73H2,1-3H3/b10-7-,11-8-,19-16-,20-17-,28-25-,29-26-,30-27-,35-33-,36-34-,40-38-,44-42-,53-50-. The summed E-state index contributed by atoms with van der Waals surface area (Å²) in [7, 11) is 0. The van der Waals surface area contributed by atoms with Crippen LogP contribution in [-0.4, -0.2) is 37.2 Å². The highest BCUT2D eigenvalue weighted by molar-refractivity contribution is 5.71. The zero-order valence-electron chi connectivity index (χ0n) is 53.9. The fourth-order valence-corrected chi connectivity index (χ4v) is 9.23. The van der Waals surface area contributed by atoms with Crippen LogP contribution in [0.2, 0.25) is 0 Å². The van der Waals surface area contributed by atoms with E-state index in [0.29, 0.717) is 19.3 Å². The van der Waals surface area contributed by atoms with Crippen LogP contribution >= 0.6 is 0 Å². The van der Waals surface area contributed by atoms with Gasteiger partial charge in [0, 0.05) is 19.3 Å². The Morgan fingerprint density at radius 3 is 0.747 bits per heavy atom. The summed E-state index contributed by atoms with van der Waals surface area (Å²) in [5, 5.41) is 0. The van der Waals surface area contributed by atoms with Crippen molar-refractivity contribution in [1.29, 1.82) is 0 Å². The normalized spacial score (nSPS) is 13.0. The Morgan fingerprint density at radius 1 is 0.253 bits per heavy atom.